The number of hydrogen-bond acceptors (Lipinski definition) is 4. The van der Waals surface area contributed by atoms with E-state index in [1.807, 2.05) is 0 Å². The van der Waals surface area contributed by atoms with Crippen LogP contribution < -0.4 is 11.4 Å². The Morgan fingerprint density at radius 3 is 2.13 bits per heavy atom. The second kappa shape index (κ2) is 11.9. The van der Waals surface area contributed by atoms with E-state index in [9.17, 15) is 0 Å². The molecule has 92 valence electrons. The van der Waals surface area contributed by atoms with Crippen LogP contribution in [0.4, 0.5) is 0 Å². The minimum absolute atomic E-state index is 0.355. The van der Waals surface area contributed by atoms with E-state index in [0.717, 1.165) is 12.8 Å². The highest BCUT2D eigenvalue weighted by molar-refractivity contribution is 4.53. The van der Waals surface area contributed by atoms with Crippen molar-refractivity contribution in [2.45, 2.75) is 64.3 Å². The summed E-state index contributed by atoms with van der Waals surface area (Å²) in [5, 5.41) is 8.13. The topological polar surface area (TPSA) is 67.5 Å². The van der Waals surface area contributed by atoms with Gasteiger partial charge in [0.25, 0.3) is 0 Å². The van der Waals surface area contributed by atoms with E-state index in [1.54, 1.807) is 5.64 Å². The molecule has 0 aliphatic rings. The minimum Gasteiger partial charge on any atom is -0.328 e. The summed E-state index contributed by atoms with van der Waals surface area (Å²) in [5.41, 5.74) is 7.35. The lowest BCUT2D eigenvalue weighted by Crippen LogP contribution is -2.13. The van der Waals surface area contributed by atoms with E-state index >= 15 is 0 Å². The van der Waals surface area contributed by atoms with Crippen molar-refractivity contribution in [1.29, 1.82) is 0 Å². The maximum atomic E-state index is 8.13. The Hall–Kier alpha value is -0.160. The number of nitrogens with one attached hydrogen (secondary N) is 1. The summed E-state index contributed by atoms with van der Waals surface area (Å²) in [7, 11) is 0. The van der Waals surface area contributed by atoms with Crippen molar-refractivity contribution >= 4 is 0 Å². The number of hydrogen-bond donors (Lipinski definition) is 3. The van der Waals surface area contributed by atoms with Gasteiger partial charge in [-0.25, -0.2) is 0 Å². The van der Waals surface area contributed by atoms with Crippen molar-refractivity contribution in [3.8, 4) is 0 Å². The smallest absolute Gasteiger partial charge is 0.0709 e. The molecule has 0 saturated heterocycles. The van der Waals surface area contributed by atoms with Crippen molar-refractivity contribution in [3.05, 3.63) is 0 Å². The maximum Gasteiger partial charge on any atom is 0.0709 e. The molecule has 0 aliphatic carbocycles. The van der Waals surface area contributed by atoms with Gasteiger partial charge in [0.1, 0.15) is 0 Å². The molecule has 1 atom stereocenters. The molecule has 0 bridgehead atoms. The number of rotatable bonds is 11. The third-order valence-corrected chi connectivity index (χ3v) is 2.47. The summed E-state index contributed by atoms with van der Waals surface area (Å²) in [6.07, 6.45) is 9.76. The van der Waals surface area contributed by atoms with Gasteiger partial charge >= 0.3 is 0 Å². The summed E-state index contributed by atoms with van der Waals surface area (Å²) < 4.78 is 0. The molecule has 1 unspecified atom stereocenters. The van der Waals surface area contributed by atoms with Crippen LogP contribution in [-0.4, -0.2) is 17.9 Å². The van der Waals surface area contributed by atoms with Gasteiger partial charge in [0.2, 0.25) is 0 Å². The Bertz CT molecular complexity index is 121. The first kappa shape index (κ1) is 14.8. The summed E-state index contributed by atoms with van der Waals surface area (Å²) in [6.45, 7) is 2.65. The molecule has 0 saturated carbocycles. The molecular weight excluding hydrogens is 192 g/mol. The maximum absolute atomic E-state index is 8.13. The van der Waals surface area contributed by atoms with Crippen LogP contribution >= 0.6 is 0 Å². The predicted molar refractivity (Wildman–Crippen MR) is 61.5 cm³/mol. The van der Waals surface area contributed by atoms with Gasteiger partial charge in [0.05, 0.1) is 6.61 Å². The molecule has 4 nitrogen and oxygen atoms in total. The molecule has 15 heavy (non-hydrogen) atoms. The van der Waals surface area contributed by atoms with Crippen LogP contribution in [0.3, 0.4) is 0 Å². The lowest BCUT2D eigenvalue weighted by atomic mass is 10.1. The van der Waals surface area contributed by atoms with E-state index in [1.165, 1.54) is 38.5 Å². The number of nitrogens with two attached hydrogens (primary N) is 1. The van der Waals surface area contributed by atoms with E-state index in [2.05, 4.69) is 11.8 Å². The van der Waals surface area contributed by atoms with E-state index in [4.69, 9.17) is 10.9 Å². The average Bonchev–Trinajstić information content (AvgIpc) is 2.20. The fourth-order valence-electron chi connectivity index (χ4n) is 1.57. The normalized spacial score (nSPS) is 13.0. The van der Waals surface area contributed by atoms with Crippen molar-refractivity contribution in [2.75, 3.05) is 6.61 Å². The van der Waals surface area contributed by atoms with Crippen molar-refractivity contribution in [1.82, 2.24) is 5.64 Å². The SMILES string of the molecule is CC(N)CCCCCCCCCONO. The van der Waals surface area contributed by atoms with Crippen LogP contribution in [-0.2, 0) is 4.84 Å². The van der Waals surface area contributed by atoms with E-state index in [0.29, 0.717) is 12.6 Å². The van der Waals surface area contributed by atoms with Gasteiger partial charge in [0.15, 0.2) is 0 Å². The van der Waals surface area contributed by atoms with Crippen molar-refractivity contribution in [3.63, 3.8) is 0 Å². The zero-order valence-corrected chi connectivity index (χ0v) is 9.87. The van der Waals surface area contributed by atoms with Gasteiger partial charge in [-0.05, 0) is 19.8 Å². The van der Waals surface area contributed by atoms with Crippen LogP contribution in [0.15, 0.2) is 0 Å². The molecule has 4 N–H and O–H groups in total. The lowest BCUT2D eigenvalue weighted by molar-refractivity contribution is -0.127. The second-order valence-corrected chi connectivity index (χ2v) is 4.18. The molecule has 0 fully saturated rings. The van der Waals surface area contributed by atoms with Crippen LogP contribution in [0.5, 0.6) is 0 Å². The molecule has 0 aromatic heterocycles. The van der Waals surface area contributed by atoms with Crippen molar-refractivity contribution < 1.29 is 10.0 Å². The van der Waals surface area contributed by atoms with Crippen LogP contribution in [0.25, 0.3) is 0 Å². The summed E-state index contributed by atoms with van der Waals surface area (Å²) >= 11 is 0. The van der Waals surface area contributed by atoms with Crippen LogP contribution in [0.2, 0.25) is 0 Å². The third-order valence-electron chi connectivity index (χ3n) is 2.47. The molecule has 0 heterocycles. The Balaban J connectivity index is 2.87. The molecule has 0 amide bonds. The Morgan fingerprint density at radius 1 is 1.07 bits per heavy atom. The zero-order chi connectivity index (χ0) is 11.4. The highest BCUT2D eigenvalue weighted by atomic mass is 16.8. The summed E-state index contributed by atoms with van der Waals surface area (Å²) in [6, 6.07) is 0.355. The minimum atomic E-state index is 0.355. The standard InChI is InChI=1S/C11H26N2O2/c1-11(12)9-7-5-3-2-4-6-8-10-15-13-14/h11,13-14H,2-10,12H2,1H3. The Labute approximate surface area is 93.1 Å². The van der Waals surface area contributed by atoms with Crippen LogP contribution in [0, 0.1) is 0 Å². The third kappa shape index (κ3) is 13.8. The second-order valence-electron chi connectivity index (χ2n) is 4.18. The van der Waals surface area contributed by atoms with Crippen molar-refractivity contribution in [2.24, 2.45) is 5.73 Å². The fourth-order valence-corrected chi connectivity index (χ4v) is 1.57. The molecule has 0 radical (unpaired) electrons. The molecule has 0 spiro atoms. The van der Waals surface area contributed by atoms with Gasteiger partial charge in [-0.15, -0.1) is 0 Å². The molecule has 0 aliphatic heterocycles. The first-order valence-corrected chi connectivity index (χ1v) is 6.04. The Morgan fingerprint density at radius 2 is 1.60 bits per heavy atom. The van der Waals surface area contributed by atoms with Gasteiger partial charge in [-0.1, -0.05) is 44.2 Å². The summed E-state index contributed by atoms with van der Waals surface area (Å²) in [4.78, 5) is 4.60. The van der Waals surface area contributed by atoms with Crippen LogP contribution in [0.1, 0.15) is 58.3 Å². The largest absolute Gasteiger partial charge is 0.328 e. The fraction of sp³-hybridized carbons (Fsp3) is 1.00. The molecule has 4 heteroatoms. The van der Waals surface area contributed by atoms with E-state index < -0.39 is 0 Å². The monoisotopic (exact) mass is 218 g/mol. The number of unbranched alkanes of at least 4 members (excludes halogenated alkanes) is 6. The van der Waals surface area contributed by atoms with Gasteiger partial charge < -0.3 is 5.73 Å². The van der Waals surface area contributed by atoms with Gasteiger partial charge in [-0.3, -0.25) is 10.0 Å². The molecule has 0 aromatic carbocycles. The predicted octanol–water partition coefficient (Wildman–Crippen LogP) is 2.36. The van der Waals surface area contributed by atoms with Gasteiger partial charge in [-0.2, -0.15) is 0 Å². The highest BCUT2D eigenvalue weighted by Crippen LogP contribution is 2.09. The zero-order valence-electron chi connectivity index (χ0n) is 9.87. The summed E-state index contributed by atoms with van der Waals surface area (Å²) in [5.74, 6) is 0. The average molecular weight is 218 g/mol. The lowest BCUT2D eigenvalue weighted by Gasteiger charge is -2.04. The van der Waals surface area contributed by atoms with E-state index in [-0.39, 0.29) is 0 Å². The first-order valence-electron chi connectivity index (χ1n) is 6.04. The quantitative estimate of drug-likeness (QED) is 0.368. The molecule has 0 rings (SSSR count). The first-order chi connectivity index (χ1) is 7.27. The van der Waals surface area contributed by atoms with Gasteiger partial charge in [0, 0.05) is 6.04 Å². The Kier molecular flexibility index (Phi) is 11.8. The molecule has 0 aromatic rings. The molecular formula is C11H26N2O2. The highest BCUT2D eigenvalue weighted by Gasteiger charge is 1.95.